The summed E-state index contributed by atoms with van der Waals surface area (Å²) in [4.78, 5) is 18.6. The van der Waals surface area contributed by atoms with Gasteiger partial charge in [-0.05, 0) is 37.0 Å². The first kappa shape index (κ1) is 15.9. The molecule has 1 aliphatic heterocycles. The Hall–Kier alpha value is -2.59. The van der Waals surface area contributed by atoms with Crippen LogP contribution in [0.3, 0.4) is 0 Å². The number of rotatable bonds is 4. The number of phenolic OH excluding ortho intramolecular Hbond substituents is 1. The van der Waals surface area contributed by atoms with Gasteiger partial charge in [0.1, 0.15) is 5.75 Å². The number of carbonyl (C=O) groups is 1. The zero-order valence-corrected chi connectivity index (χ0v) is 14.5. The Morgan fingerprint density at radius 2 is 2.24 bits per heavy atom. The van der Waals surface area contributed by atoms with Crippen LogP contribution in [0.25, 0.3) is 11.3 Å². The number of carbonyl (C=O) groups excluding carboxylic acids is 1. The molecule has 6 nitrogen and oxygen atoms in total. The van der Waals surface area contributed by atoms with Gasteiger partial charge in [0.05, 0.1) is 29.9 Å². The summed E-state index contributed by atoms with van der Waals surface area (Å²) >= 11 is 1.51. The molecular formula is C18H17N3O3S. The van der Waals surface area contributed by atoms with Crippen LogP contribution in [-0.2, 0) is 9.53 Å². The minimum atomic E-state index is -0.0739. The van der Waals surface area contributed by atoms with Crippen molar-refractivity contribution >= 4 is 22.4 Å². The number of anilines is 1. The third-order valence-electron chi connectivity index (χ3n) is 4.92. The molecule has 2 unspecified atom stereocenters. The monoisotopic (exact) mass is 355 g/mol. The maximum Gasteiger partial charge on any atom is 0.309 e. The van der Waals surface area contributed by atoms with Crippen molar-refractivity contribution in [3.8, 4) is 23.1 Å². The Labute approximate surface area is 149 Å². The summed E-state index contributed by atoms with van der Waals surface area (Å²) in [7, 11) is 0. The van der Waals surface area contributed by atoms with Gasteiger partial charge in [-0.2, -0.15) is 5.26 Å². The predicted octanol–water partition coefficient (Wildman–Crippen LogP) is 2.63. The van der Waals surface area contributed by atoms with Gasteiger partial charge in [0.15, 0.2) is 5.13 Å². The molecule has 2 aromatic rings. The summed E-state index contributed by atoms with van der Waals surface area (Å²) in [5, 5.41) is 21.8. The molecular weight excluding hydrogens is 338 g/mol. The molecule has 1 N–H and O–H groups in total. The molecule has 2 fully saturated rings. The van der Waals surface area contributed by atoms with Gasteiger partial charge in [-0.3, -0.25) is 4.79 Å². The molecule has 1 aromatic heterocycles. The summed E-state index contributed by atoms with van der Waals surface area (Å²) < 4.78 is 5.12. The number of thiazole rings is 1. The zero-order chi connectivity index (χ0) is 17.6. The Bertz CT molecular complexity index is 861. The van der Waals surface area contributed by atoms with Gasteiger partial charge in [0.25, 0.3) is 0 Å². The number of esters is 1. The van der Waals surface area contributed by atoms with E-state index >= 15 is 0 Å². The van der Waals surface area contributed by atoms with Gasteiger partial charge in [-0.25, -0.2) is 4.98 Å². The Balaban J connectivity index is 1.48. The van der Waals surface area contributed by atoms with Crippen molar-refractivity contribution in [3.05, 3.63) is 29.1 Å². The minimum Gasteiger partial charge on any atom is -0.507 e. The lowest BCUT2D eigenvalue weighted by molar-refractivity contribution is -0.145. The van der Waals surface area contributed by atoms with E-state index in [1.165, 1.54) is 17.4 Å². The van der Waals surface area contributed by atoms with Crippen LogP contribution in [0.4, 0.5) is 5.13 Å². The van der Waals surface area contributed by atoms with Crippen molar-refractivity contribution in [2.24, 2.45) is 17.8 Å². The van der Waals surface area contributed by atoms with E-state index in [-0.39, 0.29) is 17.6 Å². The van der Waals surface area contributed by atoms with Crippen molar-refractivity contribution in [1.29, 1.82) is 5.26 Å². The third kappa shape index (κ3) is 2.72. The second-order valence-corrected chi connectivity index (χ2v) is 7.21. The molecule has 2 aliphatic rings. The van der Waals surface area contributed by atoms with Crippen molar-refractivity contribution < 1.29 is 14.6 Å². The Kier molecular flexibility index (Phi) is 3.85. The average Bonchev–Trinajstić information content (AvgIpc) is 2.98. The second kappa shape index (κ2) is 6.05. The quantitative estimate of drug-likeness (QED) is 0.849. The van der Waals surface area contributed by atoms with E-state index < -0.39 is 0 Å². The number of fused-ring (bicyclic) bond motifs is 1. The van der Waals surface area contributed by atoms with Crippen LogP contribution in [0, 0.1) is 29.1 Å². The lowest BCUT2D eigenvalue weighted by Crippen LogP contribution is -2.26. The number of aromatic hydroxyl groups is 1. The van der Waals surface area contributed by atoms with E-state index in [0.29, 0.717) is 35.3 Å². The Morgan fingerprint density at radius 1 is 1.48 bits per heavy atom. The third-order valence-corrected chi connectivity index (χ3v) is 5.82. The molecule has 2 heterocycles. The van der Waals surface area contributed by atoms with Crippen molar-refractivity contribution in [2.75, 3.05) is 24.6 Å². The molecule has 4 rings (SSSR count). The lowest BCUT2D eigenvalue weighted by Gasteiger charge is -2.18. The number of nitriles is 1. The average molecular weight is 355 g/mol. The topological polar surface area (TPSA) is 86.5 Å². The maximum atomic E-state index is 11.8. The zero-order valence-electron chi connectivity index (χ0n) is 13.7. The molecule has 0 radical (unpaired) electrons. The van der Waals surface area contributed by atoms with Crippen LogP contribution in [0.5, 0.6) is 5.75 Å². The van der Waals surface area contributed by atoms with Gasteiger partial charge in [-0.1, -0.05) is 0 Å². The standard InChI is InChI=1S/C18H17N3O3S/c1-2-24-17(23)16-12-7-21(8-13(12)16)18-20-14(9-25-18)11-5-10(6-19)3-4-15(11)22/h3-5,9,12-13,16,22H,2,7-8H2,1H3. The SMILES string of the molecule is CCOC(=O)C1C2CN(c3nc(-c4cc(C#N)ccc4O)cs3)CC21. The molecule has 7 heteroatoms. The van der Waals surface area contributed by atoms with E-state index in [2.05, 4.69) is 16.0 Å². The smallest absolute Gasteiger partial charge is 0.309 e. The highest BCUT2D eigenvalue weighted by atomic mass is 32.1. The number of benzene rings is 1. The Morgan fingerprint density at radius 3 is 2.92 bits per heavy atom. The highest BCUT2D eigenvalue weighted by molar-refractivity contribution is 7.14. The van der Waals surface area contributed by atoms with Crippen molar-refractivity contribution in [1.82, 2.24) is 4.98 Å². The molecule has 1 aliphatic carbocycles. The summed E-state index contributed by atoms with van der Waals surface area (Å²) in [6.07, 6.45) is 0. The fourth-order valence-electron chi connectivity index (χ4n) is 3.61. The van der Waals surface area contributed by atoms with Gasteiger partial charge in [-0.15, -0.1) is 11.3 Å². The van der Waals surface area contributed by atoms with E-state index in [1.54, 1.807) is 12.1 Å². The number of phenols is 1. The van der Waals surface area contributed by atoms with Gasteiger partial charge < -0.3 is 14.7 Å². The normalized spacial score (nSPS) is 23.8. The summed E-state index contributed by atoms with van der Waals surface area (Å²) in [6, 6.07) is 6.81. The summed E-state index contributed by atoms with van der Waals surface area (Å²) in [5.41, 5.74) is 1.72. The molecule has 1 aromatic carbocycles. The number of hydrogen-bond acceptors (Lipinski definition) is 7. The van der Waals surface area contributed by atoms with E-state index in [4.69, 9.17) is 10.00 Å². The van der Waals surface area contributed by atoms with E-state index in [9.17, 15) is 9.90 Å². The molecule has 0 bridgehead atoms. The first-order valence-electron chi connectivity index (χ1n) is 8.23. The molecule has 1 saturated heterocycles. The number of piperidine rings is 1. The van der Waals surface area contributed by atoms with Crippen LogP contribution in [0.15, 0.2) is 23.6 Å². The first-order valence-corrected chi connectivity index (χ1v) is 9.11. The fourth-order valence-corrected chi connectivity index (χ4v) is 4.46. The predicted molar refractivity (Wildman–Crippen MR) is 93.2 cm³/mol. The van der Waals surface area contributed by atoms with Gasteiger partial charge in [0, 0.05) is 24.0 Å². The molecule has 0 spiro atoms. The number of aromatic nitrogens is 1. The van der Waals surface area contributed by atoms with Crippen LogP contribution in [0.1, 0.15) is 12.5 Å². The van der Waals surface area contributed by atoms with Gasteiger partial charge in [0.2, 0.25) is 0 Å². The molecule has 25 heavy (non-hydrogen) atoms. The fraction of sp³-hybridized carbons (Fsp3) is 0.389. The van der Waals surface area contributed by atoms with E-state index in [1.807, 2.05) is 12.3 Å². The summed E-state index contributed by atoms with van der Waals surface area (Å²) in [5.74, 6) is 0.813. The maximum absolute atomic E-state index is 11.8. The summed E-state index contributed by atoms with van der Waals surface area (Å²) in [6.45, 7) is 3.88. The lowest BCUT2D eigenvalue weighted by atomic mass is 10.1. The highest BCUT2D eigenvalue weighted by Crippen LogP contribution is 2.53. The number of hydrogen-bond donors (Lipinski definition) is 1. The first-order chi connectivity index (χ1) is 12.1. The van der Waals surface area contributed by atoms with Crippen molar-refractivity contribution in [2.45, 2.75) is 6.92 Å². The molecule has 128 valence electrons. The minimum absolute atomic E-state index is 0.0481. The largest absolute Gasteiger partial charge is 0.507 e. The molecule has 2 atom stereocenters. The van der Waals surface area contributed by atoms with Crippen LogP contribution in [0.2, 0.25) is 0 Å². The number of nitrogens with zero attached hydrogens (tertiary/aromatic N) is 3. The highest BCUT2D eigenvalue weighted by Gasteiger charge is 2.60. The second-order valence-electron chi connectivity index (χ2n) is 6.37. The molecule has 1 saturated carbocycles. The van der Waals surface area contributed by atoms with Crippen LogP contribution < -0.4 is 4.90 Å². The van der Waals surface area contributed by atoms with Gasteiger partial charge >= 0.3 is 5.97 Å². The van der Waals surface area contributed by atoms with Crippen LogP contribution >= 0.6 is 11.3 Å². The van der Waals surface area contributed by atoms with Crippen molar-refractivity contribution in [3.63, 3.8) is 0 Å². The number of ether oxygens (including phenoxy) is 1. The van der Waals surface area contributed by atoms with E-state index in [0.717, 1.165) is 18.2 Å². The molecule has 0 amide bonds. The van der Waals surface area contributed by atoms with Crippen LogP contribution in [-0.4, -0.2) is 35.8 Å².